The normalized spacial score (nSPS) is 21.9. The van der Waals surface area contributed by atoms with Crippen LogP contribution in [-0.4, -0.2) is 42.6 Å². The van der Waals surface area contributed by atoms with Crippen molar-refractivity contribution in [3.63, 3.8) is 0 Å². The highest BCUT2D eigenvalue weighted by Crippen LogP contribution is 2.42. The molecule has 0 bridgehead atoms. The quantitative estimate of drug-likeness (QED) is 0.295. The first-order valence-corrected chi connectivity index (χ1v) is 11.3. The van der Waals surface area contributed by atoms with Crippen LogP contribution in [0.3, 0.4) is 0 Å². The second-order valence-corrected chi connectivity index (χ2v) is 10.5. The first-order valence-electron chi connectivity index (χ1n) is 8.34. The van der Waals surface area contributed by atoms with Crippen LogP contribution in [0, 0.1) is 10.8 Å². The molecular formula is C17H16ClNO6S2. The van der Waals surface area contributed by atoms with Crippen molar-refractivity contribution in [2.24, 2.45) is 11.1 Å². The molecule has 0 N–H and O–H groups in total. The first-order chi connectivity index (χ1) is 12.8. The summed E-state index contributed by atoms with van der Waals surface area (Å²) >= 11 is 7.42. The van der Waals surface area contributed by atoms with Crippen molar-refractivity contribution in [2.45, 2.75) is 35.2 Å². The Morgan fingerprint density at radius 2 is 1.89 bits per heavy atom. The van der Waals surface area contributed by atoms with Crippen molar-refractivity contribution in [3.05, 3.63) is 33.2 Å². The highest BCUT2D eigenvalue weighted by molar-refractivity contribution is 8.13. The molecule has 1 aliphatic carbocycles. The third kappa shape index (κ3) is 3.60. The van der Waals surface area contributed by atoms with Crippen molar-refractivity contribution in [2.75, 3.05) is 12.3 Å². The Morgan fingerprint density at radius 3 is 2.52 bits per heavy atom. The number of thioether (sulfide) groups is 1. The van der Waals surface area contributed by atoms with Gasteiger partial charge in [0.15, 0.2) is 27.2 Å². The van der Waals surface area contributed by atoms with E-state index < -0.39 is 37.7 Å². The van der Waals surface area contributed by atoms with E-state index in [1.165, 1.54) is 12.1 Å². The van der Waals surface area contributed by atoms with Gasteiger partial charge in [-0.15, -0.1) is 11.8 Å². The number of halogens is 1. The SMILES string of the molecule is O=NCCSC1Cc2c(ccc(C(=O)C3C(=O)CCCC3=O)c2Cl)S1(=O)=O. The number of ketones is 3. The van der Waals surface area contributed by atoms with Crippen molar-refractivity contribution >= 4 is 50.5 Å². The van der Waals surface area contributed by atoms with Gasteiger partial charge in [0.05, 0.1) is 16.5 Å². The number of carbonyl (C=O) groups is 3. The maximum absolute atomic E-state index is 12.8. The molecule has 1 aromatic rings. The smallest absolute Gasteiger partial charge is 0.191 e. The third-order valence-corrected chi connectivity index (χ3v) is 9.14. The van der Waals surface area contributed by atoms with Gasteiger partial charge in [-0.05, 0) is 24.1 Å². The summed E-state index contributed by atoms with van der Waals surface area (Å²) in [5, 5.41) is 2.69. The molecule has 1 aromatic carbocycles. The number of sulfone groups is 1. The predicted octanol–water partition coefficient (Wildman–Crippen LogP) is 2.62. The molecule has 1 unspecified atom stereocenters. The number of Topliss-reactive ketones (excluding diaryl/α,β-unsaturated/α-hetero) is 3. The average Bonchev–Trinajstić information content (AvgIpc) is 2.87. The van der Waals surface area contributed by atoms with Gasteiger partial charge in [0, 0.05) is 30.6 Å². The van der Waals surface area contributed by atoms with Gasteiger partial charge in [-0.3, -0.25) is 14.4 Å². The van der Waals surface area contributed by atoms with Crippen LogP contribution in [-0.2, 0) is 25.8 Å². The van der Waals surface area contributed by atoms with Crippen LogP contribution in [0.25, 0.3) is 0 Å². The van der Waals surface area contributed by atoms with E-state index in [0.29, 0.717) is 12.0 Å². The summed E-state index contributed by atoms with van der Waals surface area (Å²) in [6.07, 6.45) is 0.866. The summed E-state index contributed by atoms with van der Waals surface area (Å²) in [5.74, 6) is -2.60. The second-order valence-electron chi connectivity index (χ2n) is 6.39. The zero-order valence-corrected chi connectivity index (χ0v) is 16.5. The van der Waals surface area contributed by atoms with E-state index in [-0.39, 0.29) is 47.0 Å². The minimum Gasteiger partial charge on any atom is -0.298 e. The van der Waals surface area contributed by atoms with Crippen LogP contribution < -0.4 is 0 Å². The Bertz CT molecular complexity index is 927. The van der Waals surface area contributed by atoms with Crippen LogP contribution in [0.2, 0.25) is 5.02 Å². The van der Waals surface area contributed by atoms with E-state index >= 15 is 0 Å². The molecule has 0 aromatic heterocycles. The molecule has 1 atom stereocenters. The topological polar surface area (TPSA) is 115 Å². The largest absolute Gasteiger partial charge is 0.298 e. The van der Waals surface area contributed by atoms with Gasteiger partial charge < -0.3 is 0 Å². The van der Waals surface area contributed by atoms with E-state index in [9.17, 15) is 27.7 Å². The van der Waals surface area contributed by atoms with E-state index in [1.54, 1.807) is 0 Å². The zero-order valence-electron chi connectivity index (χ0n) is 14.1. The molecule has 10 heteroatoms. The lowest BCUT2D eigenvalue weighted by atomic mass is 9.81. The van der Waals surface area contributed by atoms with E-state index in [4.69, 9.17) is 11.6 Å². The molecule has 0 saturated heterocycles. The predicted molar refractivity (Wildman–Crippen MR) is 101 cm³/mol. The fourth-order valence-corrected chi connectivity index (χ4v) is 7.28. The van der Waals surface area contributed by atoms with Gasteiger partial charge in [-0.1, -0.05) is 16.8 Å². The second kappa shape index (κ2) is 7.81. The van der Waals surface area contributed by atoms with Gasteiger partial charge in [-0.2, -0.15) is 4.91 Å². The molecule has 144 valence electrons. The number of rotatable bonds is 6. The Kier molecular flexibility index (Phi) is 5.83. The van der Waals surface area contributed by atoms with Crippen LogP contribution in [0.1, 0.15) is 35.2 Å². The lowest BCUT2D eigenvalue weighted by molar-refractivity contribution is -0.133. The molecule has 1 heterocycles. The maximum atomic E-state index is 12.8. The number of benzene rings is 1. The molecular weight excluding hydrogens is 414 g/mol. The highest BCUT2D eigenvalue weighted by atomic mass is 35.5. The number of hydrogen-bond acceptors (Lipinski definition) is 8. The number of nitrogens with zero attached hydrogens (tertiary/aromatic N) is 1. The third-order valence-electron chi connectivity index (χ3n) is 4.73. The standard InChI is InChI=1S/C17H16ClNO6S2/c18-16-9(17(22)15-11(20)2-1-3-12(15)21)4-5-13-10(16)8-14(27(13,24)25)26-7-6-19-23/h4-5,14-15H,1-3,6-8H2. The van der Waals surface area contributed by atoms with E-state index in [1.807, 2.05) is 0 Å². The molecule has 27 heavy (non-hydrogen) atoms. The van der Waals surface area contributed by atoms with Gasteiger partial charge in [0.2, 0.25) is 0 Å². The summed E-state index contributed by atoms with van der Waals surface area (Å²) in [6.45, 7) is -0.00357. The minimum atomic E-state index is -3.65. The Hall–Kier alpha value is -1.58. The summed E-state index contributed by atoms with van der Waals surface area (Å²) in [5.41, 5.74) is 0.314. The molecule has 3 rings (SSSR count). The zero-order chi connectivity index (χ0) is 19.8. The number of carbonyl (C=O) groups excluding carboxylic acids is 3. The molecule has 0 spiro atoms. The van der Waals surface area contributed by atoms with Gasteiger partial charge in [0.1, 0.15) is 10.5 Å². The molecule has 0 amide bonds. The Morgan fingerprint density at radius 1 is 1.22 bits per heavy atom. The van der Waals surface area contributed by atoms with Crippen molar-refractivity contribution < 1.29 is 22.8 Å². The molecule has 2 aliphatic rings. The number of nitroso groups, excluding NO2 is 1. The minimum absolute atomic E-state index is 0.000533. The molecule has 0 radical (unpaired) electrons. The molecule has 1 aliphatic heterocycles. The first kappa shape index (κ1) is 20.2. The lowest BCUT2D eigenvalue weighted by Gasteiger charge is -2.19. The van der Waals surface area contributed by atoms with Gasteiger partial charge in [-0.25, -0.2) is 8.42 Å². The number of fused-ring (bicyclic) bond motifs is 1. The van der Waals surface area contributed by atoms with Crippen molar-refractivity contribution in [1.82, 2.24) is 0 Å². The van der Waals surface area contributed by atoms with Crippen LogP contribution in [0.15, 0.2) is 22.2 Å². The summed E-state index contributed by atoms with van der Waals surface area (Å²) < 4.78 is 24.5. The van der Waals surface area contributed by atoms with Crippen molar-refractivity contribution in [1.29, 1.82) is 0 Å². The Labute approximate surface area is 165 Å². The average molecular weight is 430 g/mol. The Balaban J connectivity index is 1.94. The molecule has 1 saturated carbocycles. The van der Waals surface area contributed by atoms with Crippen LogP contribution >= 0.6 is 23.4 Å². The monoisotopic (exact) mass is 429 g/mol. The summed E-state index contributed by atoms with van der Waals surface area (Å²) in [6, 6.07) is 2.58. The van der Waals surface area contributed by atoms with Gasteiger partial charge >= 0.3 is 0 Å². The van der Waals surface area contributed by atoms with E-state index in [2.05, 4.69) is 5.18 Å². The maximum Gasteiger partial charge on any atom is 0.191 e. The summed E-state index contributed by atoms with van der Waals surface area (Å²) in [7, 11) is -3.65. The van der Waals surface area contributed by atoms with Gasteiger partial charge in [0.25, 0.3) is 0 Å². The molecule has 7 nitrogen and oxygen atoms in total. The van der Waals surface area contributed by atoms with Crippen LogP contribution in [0.5, 0.6) is 0 Å². The van der Waals surface area contributed by atoms with Crippen LogP contribution in [0.4, 0.5) is 0 Å². The van der Waals surface area contributed by atoms with E-state index in [0.717, 1.165) is 11.8 Å². The number of hydrogen-bond donors (Lipinski definition) is 0. The lowest BCUT2D eigenvalue weighted by Crippen LogP contribution is -2.35. The highest BCUT2D eigenvalue weighted by Gasteiger charge is 2.42. The molecule has 1 fully saturated rings. The fraction of sp³-hybridized carbons (Fsp3) is 0.471. The fourth-order valence-electron chi connectivity index (χ4n) is 3.39. The van der Waals surface area contributed by atoms with Crippen molar-refractivity contribution in [3.8, 4) is 0 Å². The summed E-state index contributed by atoms with van der Waals surface area (Å²) in [4.78, 5) is 47.1.